The number of hydrogen-bond donors (Lipinski definition) is 3. The van der Waals surface area contributed by atoms with Crippen molar-refractivity contribution in [3.63, 3.8) is 0 Å². The standard InChI is InChI=1S/C15H22N2O3S/c1-4-15(6-5-7-15)8-16-14(20)17-12-11(13(18)19)9(2)10(3)21-12/h4-8H2,1-3H3,(H,18,19)(H2,16,17,20). The smallest absolute Gasteiger partial charge is 0.338 e. The first-order chi connectivity index (χ1) is 9.88. The second-order valence-corrected chi connectivity index (χ2v) is 7.03. The summed E-state index contributed by atoms with van der Waals surface area (Å²) in [5.74, 6) is -1.00. The SMILES string of the molecule is CCC1(CNC(=O)Nc2sc(C)c(C)c2C(=O)O)CCC1. The average molecular weight is 310 g/mol. The number of urea groups is 1. The molecule has 3 N–H and O–H groups in total. The second-order valence-electron chi connectivity index (χ2n) is 5.81. The van der Waals surface area contributed by atoms with Gasteiger partial charge in [-0.15, -0.1) is 11.3 Å². The van der Waals surface area contributed by atoms with Crippen LogP contribution in [-0.4, -0.2) is 23.7 Å². The third-order valence-electron chi connectivity index (χ3n) is 4.61. The summed E-state index contributed by atoms with van der Waals surface area (Å²) in [6.07, 6.45) is 4.59. The van der Waals surface area contributed by atoms with Crippen LogP contribution in [0.5, 0.6) is 0 Å². The molecule has 21 heavy (non-hydrogen) atoms. The lowest BCUT2D eigenvalue weighted by Gasteiger charge is -2.41. The molecular formula is C15H22N2O3S. The number of rotatable bonds is 5. The van der Waals surface area contributed by atoms with Crippen molar-refractivity contribution in [2.75, 3.05) is 11.9 Å². The van der Waals surface area contributed by atoms with E-state index in [1.807, 2.05) is 6.92 Å². The summed E-state index contributed by atoms with van der Waals surface area (Å²) in [5, 5.41) is 15.2. The van der Waals surface area contributed by atoms with Crippen LogP contribution in [0, 0.1) is 19.3 Å². The Balaban J connectivity index is 2.00. The highest BCUT2D eigenvalue weighted by Gasteiger charge is 2.35. The van der Waals surface area contributed by atoms with E-state index in [9.17, 15) is 14.7 Å². The topological polar surface area (TPSA) is 78.4 Å². The number of amides is 2. The Morgan fingerprint density at radius 2 is 2.00 bits per heavy atom. The fraction of sp³-hybridized carbons (Fsp3) is 0.600. The lowest BCUT2D eigenvalue weighted by Crippen LogP contribution is -2.43. The first-order valence-electron chi connectivity index (χ1n) is 7.26. The fourth-order valence-corrected chi connectivity index (χ4v) is 3.77. The van der Waals surface area contributed by atoms with Crippen molar-refractivity contribution >= 4 is 28.3 Å². The van der Waals surface area contributed by atoms with Crippen LogP contribution in [-0.2, 0) is 0 Å². The Bertz CT molecular complexity index is 556. The number of aromatic carboxylic acids is 1. The summed E-state index contributed by atoms with van der Waals surface area (Å²) in [4.78, 5) is 24.2. The predicted octanol–water partition coefficient (Wildman–Crippen LogP) is 3.76. The Morgan fingerprint density at radius 1 is 1.33 bits per heavy atom. The molecule has 1 saturated carbocycles. The molecule has 6 heteroatoms. The van der Waals surface area contributed by atoms with Crippen LogP contribution in [0.3, 0.4) is 0 Å². The quantitative estimate of drug-likeness (QED) is 0.774. The minimum absolute atomic E-state index is 0.196. The Kier molecular flexibility index (Phi) is 4.56. The lowest BCUT2D eigenvalue weighted by atomic mass is 9.67. The van der Waals surface area contributed by atoms with Gasteiger partial charge in [-0.25, -0.2) is 9.59 Å². The molecule has 0 unspecified atom stereocenters. The van der Waals surface area contributed by atoms with Crippen molar-refractivity contribution in [1.29, 1.82) is 0 Å². The molecule has 116 valence electrons. The number of aryl methyl sites for hydroxylation is 1. The molecule has 1 aromatic rings. The normalized spacial score (nSPS) is 16.1. The molecule has 1 aromatic heterocycles. The van der Waals surface area contributed by atoms with E-state index in [0.29, 0.717) is 17.1 Å². The molecule has 0 atom stereocenters. The van der Waals surface area contributed by atoms with E-state index in [1.165, 1.54) is 17.8 Å². The van der Waals surface area contributed by atoms with Crippen molar-refractivity contribution < 1.29 is 14.7 Å². The first-order valence-corrected chi connectivity index (χ1v) is 8.08. The molecule has 0 spiro atoms. The molecule has 0 bridgehead atoms. The molecule has 0 aliphatic heterocycles. The van der Waals surface area contributed by atoms with E-state index < -0.39 is 5.97 Å². The highest BCUT2D eigenvalue weighted by Crippen LogP contribution is 2.43. The fourth-order valence-electron chi connectivity index (χ4n) is 2.72. The van der Waals surface area contributed by atoms with Gasteiger partial charge in [0.05, 0.1) is 5.56 Å². The zero-order valence-electron chi connectivity index (χ0n) is 12.7. The lowest BCUT2D eigenvalue weighted by molar-refractivity contribution is 0.0697. The summed E-state index contributed by atoms with van der Waals surface area (Å²) in [6.45, 7) is 6.42. The maximum absolute atomic E-state index is 12.0. The summed E-state index contributed by atoms with van der Waals surface area (Å²) in [5.41, 5.74) is 1.15. The summed E-state index contributed by atoms with van der Waals surface area (Å²) < 4.78 is 0. The highest BCUT2D eigenvalue weighted by molar-refractivity contribution is 7.16. The molecule has 2 rings (SSSR count). The second kappa shape index (κ2) is 6.05. The van der Waals surface area contributed by atoms with Crippen molar-refractivity contribution in [2.24, 2.45) is 5.41 Å². The molecular weight excluding hydrogens is 288 g/mol. The number of nitrogens with one attached hydrogen (secondary N) is 2. The Hall–Kier alpha value is -1.56. The van der Waals surface area contributed by atoms with Gasteiger partial charge in [0.1, 0.15) is 5.00 Å². The molecule has 5 nitrogen and oxygen atoms in total. The molecule has 1 fully saturated rings. The number of carboxylic acids is 1. The number of carboxylic acid groups (broad SMARTS) is 1. The van der Waals surface area contributed by atoms with Gasteiger partial charge in [-0.1, -0.05) is 13.3 Å². The van der Waals surface area contributed by atoms with Crippen molar-refractivity contribution in [3.05, 3.63) is 16.0 Å². The van der Waals surface area contributed by atoms with Gasteiger partial charge in [0.15, 0.2) is 0 Å². The summed E-state index contributed by atoms with van der Waals surface area (Å²) in [7, 11) is 0. The van der Waals surface area contributed by atoms with Crippen LogP contribution in [0.2, 0.25) is 0 Å². The van der Waals surface area contributed by atoms with E-state index in [0.717, 1.165) is 24.1 Å². The van der Waals surface area contributed by atoms with Gasteiger partial charge in [0.2, 0.25) is 0 Å². The van der Waals surface area contributed by atoms with Crippen LogP contribution in [0.15, 0.2) is 0 Å². The maximum atomic E-state index is 12.0. The minimum atomic E-state index is -1.00. The monoisotopic (exact) mass is 310 g/mol. The van der Waals surface area contributed by atoms with Crippen LogP contribution in [0.4, 0.5) is 9.80 Å². The van der Waals surface area contributed by atoms with Crippen molar-refractivity contribution in [2.45, 2.75) is 46.5 Å². The molecule has 1 aliphatic rings. The zero-order valence-corrected chi connectivity index (χ0v) is 13.5. The van der Waals surface area contributed by atoms with Crippen LogP contribution in [0.1, 0.15) is 53.4 Å². The van der Waals surface area contributed by atoms with Crippen molar-refractivity contribution in [3.8, 4) is 0 Å². The third kappa shape index (κ3) is 3.20. The van der Waals surface area contributed by atoms with E-state index in [-0.39, 0.29) is 17.0 Å². The van der Waals surface area contributed by atoms with Gasteiger partial charge in [0.25, 0.3) is 0 Å². The Morgan fingerprint density at radius 3 is 2.48 bits per heavy atom. The molecule has 0 radical (unpaired) electrons. The maximum Gasteiger partial charge on any atom is 0.338 e. The van der Waals surface area contributed by atoms with Gasteiger partial charge in [0, 0.05) is 11.4 Å². The number of anilines is 1. The average Bonchev–Trinajstić information content (AvgIpc) is 2.64. The van der Waals surface area contributed by atoms with Crippen molar-refractivity contribution in [1.82, 2.24) is 5.32 Å². The number of hydrogen-bond acceptors (Lipinski definition) is 3. The molecule has 1 aliphatic carbocycles. The minimum Gasteiger partial charge on any atom is -0.478 e. The molecule has 0 saturated heterocycles. The van der Waals surface area contributed by atoms with E-state index in [4.69, 9.17) is 0 Å². The number of carbonyl (C=O) groups is 2. The van der Waals surface area contributed by atoms with Gasteiger partial charge in [-0.2, -0.15) is 0 Å². The van der Waals surface area contributed by atoms with E-state index in [2.05, 4.69) is 17.6 Å². The van der Waals surface area contributed by atoms with Crippen LogP contribution in [0.25, 0.3) is 0 Å². The van der Waals surface area contributed by atoms with E-state index >= 15 is 0 Å². The molecule has 1 heterocycles. The predicted molar refractivity (Wildman–Crippen MR) is 84.3 cm³/mol. The summed E-state index contributed by atoms with van der Waals surface area (Å²) in [6, 6.07) is -0.321. The molecule has 2 amide bonds. The van der Waals surface area contributed by atoms with Gasteiger partial charge < -0.3 is 10.4 Å². The van der Waals surface area contributed by atoms with E-state index in [1.54, 1.807) is 6.92 Å². The first kappa shape index (κ1) is 15.8. The largest absolute Gasteiger partial charge is 0.478 e. The number of thiophene rings is 1. The van der Waals surface area contributed by atoms with Gasteiger partial charge >= 0.3 is 12.0 Å². The highest BCUT2D eigenvalue weighted by atomic mass is 32.1. The van der Waals surface area contributed by atoms with Crippen LogP contribution < -0.4 is 10.6 Å². The zero-order chi connectivity index (χ0) is 15.6. The molecule has 0 aromatic carbocycles. The third-order valence-corrected chi connectivity index (χ3v) is 5.74. The van der Waals surface area contributed by atoms with Gasteiger partial charge in [-0.05, 0) is 44.1 Å². The summed E-state index contributed by atoms with van der Waals surface area (Å²) >= 11 is 1.30. The Labute approximate surface area is 128 Å². The number of carbonyl (C=O) groups excluding carboxylic acids is 1. The van der Waals surface area contributed by atoms with Crippen LogP contribution >= 0.6 is 11.3 Å². The van der Waals surface area contributed by atoms with Gasteiger partial charge in [-0.3, -0.25) is 5.32 Å².